The van der Waals surface area contributed by atoms with Crippen LogP contribution in [0.1, 0.15) is 11.3 Å². The molecule has 3 aromatic heterocycles. The molecule has 0 saturated heterocycles. The van der Waals surface area contributed by atoms with Crippen molar-refractivity contribution in [3.8, 4) is 16.8 Å². The fraction of sp³-hybridized carbons (Fsp3) is 0.0870. The van der Waals surface area contributed by atoms with Gasteiger partial charge in [0, 0.05) is 23.6 Å². The maximum absolute atomic E-state index is 13.1. The van der Waals surface area contributed by atoms with E-state index in [1.807, 2.05) is 37.3 Å². The van der Waals surface area contributed by atoms with E-state index in [9.17, 15) is 18.0 Å². The van der Waals surface area contributed by atoms with Crippen LogP contribution in [0.5, 0.6) is 0 Å². The molecule has 0 aliphatic heterocycles. The lowest BCUT2D eigenvalue weighted by atomic mass is 10.1. The third-order valence-corrected chi connectivity index (χ3v) is 5.20. The minimum Gasteiger partial charge on any atom is -0.284 e. The summed E-state index contributed by atoms with van der Waals surface area (Å²) >= 11 is 0. The second-order valence-corrected chi connectivity index (χ2v) is 7.16. The van der Waals surface area contributed by atoms with Crippen molar-refractivity contribution in [3.05, 3.63) is 94.7 Å². The van der Waals surface area contributed by atoms with Crippen LogP contribution in [0.3, 0.4) is 0 Å². The van der Waals surface area contributed by atoms with Crippen molar-refractivity contribution in [2.75, 3.05) is 0 Å². The molecule has 0 unspecified atom stereocenters. The predicted octanol–water partition coefficient (Wildman–Crippen LogP) is 5.03. The molecule has 0 spiro atoms. The minimum atomic E-state index is -4.50. The summed E-state index contributed by atoms with van der Waals surface area (Å²) in [5, 5.41) is 4.82. The molecule has 0 amide bonds. The van der Waals surface area contributed by atoms with Gasteiger partial charge in [-0.15, -0.1) is 0 Å². The topological polar surface area (TPSA) is 52.2 Å². The molecule has 0 aliphatic carbocycles. The Labute approximate surface area is 174 Å². The van der Waals surface area contributed by atoms with Gasteiger partial charge in [0.05, 0.1) is 22.2 Å². The lowest BCUT2D eigenvalue weighted by Gasteiger charge is -2.11. The largest absolute Gasteiger partial charge is 0.416 e. The van der Waals surface area contributed by atoms with Crippen LogP contribution in [-0.4, -0.2) is 19.2 Å². The van der Waals surface area contributed by atoms with Crippen LogP contribution >= 0.6 is 0 Å². The fourth-order valence-corrected chi connectivity index (χ4v) is 3.75. The van der Waals surface area contributed by atoms with Crippen molar-refractivity contribution < 1.29 is 13.2 Å². The van der Waals surface area contributed by atoms with Crippen molar-refractivity contribution in [1.29, 1.82) is 0 Å². The number of hydrogen-bond donors (Lipinski definition) is 0. The van der Waals surface area contributed by atoms with Gasteiger partial charge in [0.1, 0.15) is 0 Å². The van der Waals surface area contributed by atoms with Crippen molar-refractivity contribution in [2.45, 2.75) is 13.1 Å². The Morgan fingerprint density at radius 3 is 2.48 bits per heavy atom. The summed E-state index contributed by atoms with van der Waals surface area (Å²) in [6, 6.07) is 16.0. The molecule has 5 aromatic rings. The van der Waals surface area contributed by atoms with Gasteiger partial charge in [0.2, 0.25) is 0 Å². The average Bonchev–Trinajstić information content (AvgIpc) is 3.10. The highest BCUT2D eigenvalue weighted by molar-refractivity contribution is 5.86. The van der Waals surface area contributed by atoms with E-state index in [1.165, 1.54) is 29.1 Å². The summed E-state index contributed by atoms with van der Waals surface area (Å²) in [6.45, 7) is 1.87. The van der Waals surface area contributed by atoms with Crippen LogP contribution in [0.25, 0.3) is 33.4 Å². The summed E-state index contributed by atoms with van der Waals surface area (Å²) in [6.07, 6.45) is -1.59. The van der Waals surface area contributed by atoms with Crippen LogP contribution in [0, 0.1) is 6.92 Å². The Bertz CT molecular complexity index is 1500. The van der Waals surface area contributed by atoms with Gasteiger partial charge >= 0.3 is 6.18 Å². The smallest absolute Gasteiger partial charge is 0.284 e. The van der Waals surface area contributed by atoms with E-state index in [0.717, 1.165) is 29.0 Å². The highest BCUT2D eigenvalue weighted by Gasteiger charge is 2.30. The molecule has 3 heterocycles. The van der Waals surface area contributed by atoms with Gasteiger partial charge in [-0.3, -0.25) is 9.36 Å². The molecule has 0 radical (unpaired) electrons. The molecule has 0 atom stereocenters. The normalized spacial score (nSPS) is 12.0. The summed E-state index contributed by atoms with van der Waals surface area (Å²) < 4.78 is 42.0. The zero-order chi connectivity index (χ0) is 21.8. The number of nitrogens with zero attached hydrogens (tertiary/aromatic N) is 4. The first-order valence-electron chi connectivity index (χ1n) is 9.47. The molecule has 5 rings (SSSR count). The lowest BCUT2D eigenvalue weighted by Crippen LogP contribution is -2.19. The molecule has 2 aromatic carbocycles. The van der Waals surface area contributed by atoms with E-state index in [0.29, 0.717) is 11.2 Å². The summed E-state index contributed by atoms with van der Waals surface area (Å²) in [5.41, 5.74) is 2.55. The standard InChI is InChI=1S/C23H15F3N4O/c1-14-20(15-6-3-2-4-7-15)21-27-13-18-19(30(21)28-14)10-11-29(22(18)31)17-9-5-8-16(12-17)23(24,25)26/h2-13H,1H3. The molecule has 0 bridgehead atoms. The quantitative estimate of drug-likeness (QED) is 0.403. The molecular weight excluding hydrogens is 405 g/mol. The van der Waals surface area contributed by atoms with Crippen LogP contribution in [0.4, 0.5) is 13.2 Å². The maximum Gasteiger partial charge on any atom is 0.416 e. The number of hydrogen-bond acceptors (Lipinski definition) is 3. The van der Waals surface area contributed by atoms with Crippen LogP contribution in [-0.2, 0) is 6.18 Å². The molecule has 0 fully saturated rings. The van der Waals surface area contributed by atoms with Gasteiger partial charge in [-0.1, -0.05) is 36.4 Å². The zero-order valence-electron chi connectivity index (χ0n) is 16.3. The van der Waals surface area contributed by atoms with E-state index in [2.05, 4.69) is 10.1 Å². The fourth-order valence-electron chi connectivity index (χ4n) is 3.75. The van der Waals surface area contributed by atoms with Gasteiger partial charge < -0.3 is 0 Å². The Kier molecular flexibility index (Phi) is 4.18. The summed E-state index contributed by atoms with van der Waals surface area (Å²) in [4.78, 5) is 17.6. The van der Waals surface area contributed by atoms with Crippen LogP contribution in [0.15, 0.2) is 77.9 Å². The molecule has 8 heteroatoms. The van der Waals surface area contributed by atoms with E-state index in [-0.39, 0.29) is 11.1 Å². The molecule has 154 valence electrons. The Morgan fingerprint density at radius 1 is 0.968 bits per heavy atom. The van der Waals surface area contributed by atoms with Crippen LogP contribution < -0.4 is 5.56 Å². The summed E-state index contributed by atoms with van der Waals surface area (Å²) in [5.74, 6) is 0. The Balaban J connectivity index is 1.73. The number of aryl methyl sites for hydroxylation is 1. The summed E-state index contributed by atoms with van der Waals surface area (Å²) in [7, 11) is 0. The lowest BCUT2D eigenvalue weighted by molar-refractivity contribution is -0.137. The zero-order valence-corrected chi connectivity index (χ0v) is 16.3. The predicted molar refractivity (Wildman–Crippen MR) is 111 cm³/mol. The Morgan fingerprint density at radius 2 is 1.74 bits per heavy atom. The van der Waals surface area contributed by atoms with Gasteiger partial charge in [-0.25, -0.2) is 9.50 Å². The van der Waals surface area contributed by atoms with Crippen LogP contribution in [0.2, 0.25) is 0 Å². The number of alkyl halides is 3. The molecule has 0 saturated carbocycles. The van der Waals surface area contributed by atoms with E-state index >= 15 is 0 Å². The van der Waals surface area contributed by atoms with Gasteiger partial charge in [0.25, 0.3) is 5.56 Å². The highest BCUT2D eigenvalue weighted by Crippen LogP contribution is 2.31. The van der Waals surface area contributed by atoms with E-state index in [4.69, 9.17) is 0 Å². The minimum absolute atomic E-state index is 0.128. The van der Waals surface area contributed by atoms with Gasteiger partial charge in [-0.2, -0.15) is 18.3 Å². The monoisotopic (exact) mass is 420 g/mol. The van der Waals surface area contributed by atoms with Crippen molar-refractivity contribution in [1.82, 2.24) is 19.2 Å². The first-order chi connectivity index (χ1) is 14.8. The van der Waals surface area contributed by atoms with E-state index < -0.39 is 17.3 Å². The van der Waals surface area contributed by atoms with Crippen molar-refractivity contribution >= 4 is 16.6 Å². The first-order valence-corrected chi connectivity index (χ1v) is 9.47. The second-order valence-electron chi connectivity index (χ2n) is 7.16. The number of pyridine rings is 1. The second kappa shape index (κ2) is 6.80. The molecule has 5 nitrogen and oxygen atoms in total. The number of benzene rings is 2. The Hall–Kier alpha value is -3.94. The first kappa shape index (κ1) is 19.0. The van der Waals surface area contributed by atoms with Gasteiger partial charge in [-0.05, 0) is 36.8 Å². The SMILES string of the molecule is Cc1nn2c(ncc3c(=O)n(-c4cccc(C(F)(F)F)c4)ccc32)c1-c1ccccc1. The average molecular weight is 420 g/mol. The number of rotatable bonds is 2. The van der Waals surface area contributed by atoms with E-state index in [1.54, 1.807) is 10.6 Å². The van der Waals surface area contributed by atoms with Gasteiger partial charge in [0.15, 0.2) is 5.65 Å². The number of aromatic nitrogens is 4. The molecule has 0 N–H and O–H groups in total. The molecular formula is C23H15F3N4O. The molecule has 0 aliphatic rings. The maximum atomic E-state index is 13.1. The van der Waals surface area contributed by atoms with Crippen molar-refractivity contribution in [2.24, 2.45) is 0 Å². The number of fused-ring (bicyclic) bond motifs is 3. The third kappa shape index (κ3) is 3.07. The number of halogens is 3. The molecule has 31 heavy (non-hydrogen) atoms. The highest BCUT2D eigenvalue weighted by atomic mass is 19.4. The third-order valence-electron chi connectivity index (χ3n) is 5.20. The van der Waals surface area contributed by atoms with Crippen molar-refractivity contribution in [3.63, 3.8) is 0 Å².